The molecule has 1 rings (SSSR count). The van der Waals surface area contributed by atoms with E-state index < -0.39 is 5.91 Å². The van der Waals surface area contributed by atoms with Crippen LogP contribution in [0, 0.1) is 22.7 Å². The fourth-order valence-electron chi connectivity index (χ4n) is 0.745. The lowest BCUT2D eigenvalue weighted by molar-refractivity contribution is -0.114. The molecular weight excluding hydrogens is 206 g/mol. The second-order valence-corrected chi connectivity index (χ2v) is 4.69. The molecule has 1 aliphatic heterocycles. The lowest BCUT2D eigenvalue weighted by Gasteiger charge is -1.95. The zero-order valence-corrected chi connectivity index (χ0v) is 8.11. The van der Waals surface area contributed by atoms with Crippen molar-refractivity contribution in [3.63, 3.8) is 0 Å². The van der Waals surface area contributed by atoms with Gasteiger partial charge < -0.3 is 5.73 Å². The molecule has 1 atom stereocenters. The Morgan fingerprint density at radius 1 is 1.62 bits per heavy atom. The first kappa shape index (κ1) is 9.97. The maximum Gasteiger partial charge on any atom is 0.261 e. The number of nitrogens with two attached hydrogens (primary N) is 1. The van der Waals surface area contributed by atoms with Crippen LogP contribution in [0.2, 0.25) is 0 Å². The zero-order chi connectivity index (χ0) is 9.84. The molecule has 1 saturated heterocycles. The highest BCUT2D eigenvalue weighted by molar-refractivity contribution is 8.25. The summed E-state index contributed by atoms with van der Waals surface area (Å²) in [4.78, 5) is 10.7. The van der Waals surface area contributed by atoms with Crippen molar-refractivity contribution in [2.24, 2.45) is 5.73 Å². The number of carbonyl (C=O) groups is 1. The third-order valence-corrected chi connectivity index (χ3v) is 4.12. The van der Waals surface area contributed by atoms with Crippen LogP contribution in [0.25, 0.3) is 0 Å². The van der Waals surface area contributed by atoms with Gasteiger partial charge in [0.1, 0.15) is 16.9 Å². The molecule has 13 heavy (non-hydrogen) atoms. The van der Waals surface area contributed by atoms with Gasteiger partial charge in [-0.3, -0.25) is 4.79 Å². The largest absolute Gasteiger partial charge is 0.365 e. The zero-order valence-electron chi connectivity index (χ0n) is 6.48. The summed E-state index contributed by atoms with van der Waals surface area (Å²) in [6.07, 6.45) is 0. The van der Waals surface area contributed by atoms with Gasteiger partial charge in [0.15, 0.2) is 0 Å². The standard InChI is InChI=1S/C7H5N3OS2/c8-1-4-3-12-7(13-4)5(2-9)6(10)11/h4H,3H2,(H2,10,11)/b7-5-/t4-/m1/s1. The highest BCUT2D eigenvalue weighted by Gasteiger charge is 2.25. The summed E-state index contributed by atoms with van der Waals surface area (Å²) in [5.41, 5.74) is 4.95. The maximum absolute atomic E-state index is 10.7. The summed E-state index contributed by atoms with van der Waals surface area (Å²) >= 11 is 2.56. The summed E-state index contributed by atoms with van der Waals surface area (Å²) in [6, 6.07) is 3.80. The van der Waals surface area contributed by atoms with Crippen molar-refractivity contribution >= 4 is 29.4 Å². The minimum atomic E-state index is -0.726. The number of thioether (sulfide) groups is 2. The molecule has 0 aliphatic carbocycles. The molecule has 0 saturated carbocycles. The Hall–Kier alpha value is -1.11. The molecule has 0 aromatic carbocycles. The van der Waals surface area contributed by atoms with E-state index in [2.05, 4.69) is 6.07 Å². The number of nitrogens with zero attached hydrogens (tertiary/aromatic N) is 2. The highest BCUT2D eigenvalue weighted by atomic mass is 32.2. The molecule has 0 spiro atoms. The molecule has 1 fully saturated rings. The Labute approximate surface area is 83.8 Å². The van der Waals surface area contributed by atoms with Crippen LogP contribution in [-0.2, 0) is 4.79 Å². The van der Waals surface area contributed by atoms with Crippen molar-refractivity contribution in [2.45, 2.75) is 5.25 Å². The van der Waals surface area contributed by atoms with Gasteiger partial charge in [-0.15, -0.1) is 11.8 Å². The van der Waals surface area contributed by atoms with Crippen molar-refractivity contribution in [2.75, 3.05) is 5.75 Å². The van der Waals surface area contributed by atoms with Crippen molar-refractivity contribution in [1.29, 1.82) is 10.5 Å². The number of amides is 1. The number of hydrogen-bond donors (Lipinski definition) is 1. The predicted molar refractivity (Wildman–Crippen MR) is 51.3 cm³/mol. The Balaban J connectivity index is 2.90. The smallest absolute Gasteiger partial charge is 0.261 e. The van der Waals surface area contributed by atoms with E-state index in [-0.39, 0.29) is 10.8 Å². The van der Waals surface area contributed by atoms with Crippen LogP contribution < -0.4 is 5.73 Å². The van der Waals surface area contributed by atoms with Crippen LogP contribution in [-0.4, -0.2) is 16.9 Å². The fourth-order valence-corrected chi connectivity index (χ4v) is 3.29. The van der Waals surface area contributed by atoms with E-state index >= 15 is 0 Å². The molecule has 1 aliphatic rings. The van der Waals surface area contributed by atoms with Gasteiger partial charge in [-0.05, 0) is 0 Å². The molecule has 66 valence electrons. The predicted octanol–water partition coefficient (Wildman–Crippen LogP) is 0.579. The number of nitriles is 2. The van der Waals surface area contributed by atoms with E-state index in [0.717, 1.165) is 0 Å². The molecule has 1 heterocycles. The van der Waals surface area contributed by atoms with Crippen molar-refractivity contribution < 1.29 is 4.79 Å². The molecule has 6 heteroatoms. The van der Waals surface area contributed by atoms with Gasteiger partial charge >= 0.3 is 0 Å². The SMILES string of the molecule is N#C/C(C(N)=O)=C1\SC[C@@H](C#N)S1. The first-order valence-electron chi connectivity index (χ1n) is 3.32. The second-order valence-electron chi connectivity index (χ2n) is 2.19. The van der Waals surface area contributed by atoms with Gasteiger partial charge in [-0.2, -0.15) is 10.5 Å². The van der Waals surface area contributed by atoms with Gasteiger partial charge in [0.2, 0.25) is 0 Å². The van der Waals surface area contributed by atoms with Gasteiger partial charge in [-0.1, -0.05) is 11.8 Å². The number of carbonyl (C=O) groups excluding carboxylic acids is 1. The minimum Gasteiger partial charge on any atom is -0.365 e. The van der Waals surface area contributed by atoms with Gasteiger partial charge in [0.05, 0.1) is 10.3 Å². The van der Waals surface area contributed by atoms with E-state index in [1.165, 1.54) is 23.5 Å². The molecule has 4 nitrogen and oxygen atoms in total. The number of rotatable bonds is 1. The van der Waals surface area contributed by atoms with Gasteiger partial charge in [0, 0.05) is 5.75 Å². The lowest BCUT2D eigenvalue weighted by atomic mass is 10.3. The van der Waals surface area contributed by atoms with Crippen molar-refractivity contribution in [3.8, 4) is 12.1 Å². The lowest BCUT2D eigenvalue weighted by Crippen LogP contribution is -2.13. The van der Waals surface area contributed by atoms with Crippen LogP contribution in [0.5, 0.6) is 0 Å². The Bertz CT molecular complexity index is 350. The van der Waals surface area contributed by atoms with Crippen molar-refractivity contribution in [1.82, 2.24) is 0 Å². The maximum atomic E-state index is 10.7. The van der Waals surface area contributed by atoms with Crippen LogP contribution in [0.1, 0.15) is 0 Å². The molecular formula is C7H5N3OS2. The van der Waals surface area contributed by atoms with E-state index in [0.29, 0.717) is 9.99 Å². The third kappa shape index (κ3) is 2.18. The van der Waals surface area contributed by atoms with Crippen LogP contribution in [0.15, 0.2) is 9.81 Å². The van der Waals surface area contributed by atoms with Crippen LogP contribution in [0.3, 0.4) is 0 Å². The van der Waals surface area contributed by atoms with Crippen molar-refractivity contribution in [3.05, 3.63) is 9.81 Å². The monoisotopic (exact) mass is 211 g/mol. The quantitative estimate of drug-likeness (QED) is 0.506. The van der Waals surface area contributed by atoms with Crippen LogP contribution in [0.4, 0.5) is 0 Å². The Kier molecular flexibility index (Phi) is 3.24. The molecule has 1 amide bonds. The average Bonchev–Trinajstić information content (AvgIpc) is 2.53. The van der Waals surface area contributed by atoms with Crippen LogP contribution >= 0.6 is 23.5 Å². The molecule has 0 aromatic heterocycles. The average molecular weight is 211 g/mol. The molecule has 0 radical (unpaired) electrons. The normalized spacial score (nSPS) is 24.6. The summed E-state index contributed by atoms with van der Waals surface area (Å²) < 4.78 is 0.571. The second kappa shape index (κ2) is 4.22. The van der Waals surface area contributed by atoms with E-state index in [9.17, 15) is 4.79 Å². The fraction of sp³-hybridized carbons (Fsp3) is 0.286. The molecule has 2 N–H and O–H groups in total. The molecule has 0 aromatic rings. The first-order chi connectivity index (χ1) is 6.19. The van der Waals surface area contributed by atoms with E-state index in [4.69, 9.17) is 16.3 Å². The third-order valence-electron chi connectivity index (χ3n) is 1.32. The number of hydrogen-bond acceptors (Lipinski definition) is 5. The Morgan fingerprint density at radius 2 is 2.31 bits per heavy atom. The minimum absolute atomic E-state index is 0.0345. The first-order valence-corrected chi connectivity index (χ1v) is 5.18. The van der Waals surface area contributed by atoms with Gasteiger partial charge in [-0.25, -0.2) is 0 Å². The summed E-state index contributed by atoms with van der Waals surface area (Å²) in [7, 11) is 0. The molecule has 0 bridgehead atoms. The summed E-state index contributed by atoms with van der Waals surface area (Å²) in [5.74, 6) is -0.120. The summed E-state index contributed by atoms with van der Waals surface area (Å²) in [6.45, 7) is 0. The van der Waals surface area contributed by atoms with E-state index in [1.807, 2.05) is 0 Å². The Morgan fingerprint density at radius 3 is 2.69 bits per heavy atom. The highest BCUT2D eigenvalue weighted by Crippen LogP contribution is 2.43. The van der Waals surface area contributed by atoms with Gasteiger partial charge in [0.25, 0.3) is 5.91 Å². The summed E-state index contributed by atoms with van der Waals surface area (Å²) in [5, 5.41) is 17.0. The van der Waals surface area contributed by atoms with E-state index in [1.54, 1.807) is 6.07 Å². The molecule has 0 unspecified atom stereocenters. The number of primary amides is 1. The topological polar surface area (TPSA) is 90.7 Å².